The molecule has 0 aromatic carbocycles. The second-order valence-electron chi connectivity index (χ2n) is 3.23. The molecule has 2 rings (SSSR count). The first-order valence-electron chi connectivity index (χ1n) is 4.88. The summed E-state index contributed by atoms with van der Waals surface area (Å²) in [5, 5.41) is 3.00. The third-order valence-electron chi connectivity index (χ3n) is 2.10. The van der Waals surface area contributed by atoms with E-state index >= 15 is 0 Å². The second-order valence-corrected chi connectivity index (χ2v) is 4.08. The van der Waals surface area contributed by atoms with Gasteiger partial charge in [-0.05, 0) is 28.1 Å². The Morgan fingerprint density at radius 3 is 2.88 bits per heavy atom. The van der Waals surface area contributed by atoms with Gasteiger partial charge in [-0.2, -0.15) is 0 Å². The Hall–Kier alpha value is -1.49. The highest BCUT2D eigenvalue weighted by atomic mass is 79.9. The van der Waals surface area contributed by atoms with Crippen molar-refractivity contribution in [3.8, 4) is 0 Å². The van der Waals surface area contributed by atoms with Crippen LogP contribution in [0, 0.1) is 0 Å². The zero-order valence-corrected chi connectivity index (χ0v) is 10.4. The lowest BCUT2D eigenvalue weighted by atomic mass is 10.2. The minimum atomic E-state index is 0.642. The van der Waals surface area contributed by atoms with Gasteiger partial charge >= 0.3 is 0 Å². The zero-order chi connectivity index (χ0) is 11.4. The Kier molecular flexibility index (Phi) is 3.46. The van der Waals surface area contributed by atoms with Crippen LogP contribution in [-0.4, -0.2) is 22.0 Å². The molecule has 2 aromatic rings. The van der Waals surface area contributed by atoms with Crippen LogP contribution in [0.5, 0.6) is 0 Å². The van der Waals surface area contributed by atoms with E-state index in [4.69, 9.17) is 0 Å². The van der Waals surface area contributed by atoms with Crippen LogP contribution in [-0.2, 0) is 6.42 Å². The summed E-state index contributed by atoms with van der Waals surface area (Å²) in [4.78, 5) is 12.9. The lowest BCUT2D eigenvalue weighted by Gasteiger charge is -2.04. The molecule has 0 unspecified atom stereocenters. The number of pyridine rings is 1. The molecule has 0 aliphatic heterocycles. The van der Waals surface area contributed by atoms with Crippen LogP contribution in [0.15, 0.2) is 35.1 Å². The quantitative estimate of drug-likeness (QED) is 0.936. The zero-order valence-electron chi connectivity index (χ0n) is 8.81. The standard InChI is InChI=1S/C11H11BrN4/c1-13-11-9(12)7-15-10(16-11)6-8-4-2-3-5-14-8/h2-5,7H,6H2,1H3,(H,13,15,16). The van der Waals surface area contributed by atoms with Gasteiger partial charge in [-0.1, -0.05) is 6.07 Å². The molecule has 82 valence electrons. The van der Waals surface area contributed by atoms with Crippen LogP contribution >= 0.6 is 15.9 Å². The fourth-order valence-corrected chi connectivity index (χ4v) is 1.72. The van der Waals surface area contributed by atoms with E-state index in [1.54, 1.807) is 12.4 Å². The summed E-state index contributed by atoms with van der Waals surface area (Å²) in [6, 6.07) is 5.82. The highest BCUT2D eigenvalue weighted by molar-refractivity contribution is 9.10. The molecule has 0 aliphatic rings. The van der Waals surface area contributed by atoms with Crippen LogP contribution in [0.25, 0.3) is 0 Å². The van der Waals surface area contributed by atoms with Gasteiger partial charge < -0.3 is 5.32 Å². The summed E-state index contributed by atoms with van der Waals surface area (Å²) in [7, 11) is 1.83. The molecule has 2 heterocycles. The Morgan fingerprint density at radius 1 is 1.31 bits per heavy atom. The van der Waals surface area contributed by atoms with Gasteiger partial charge in [0.2, 0.25) is 0 Å². The topological polar surface area (TPSA) is 50.7 Å². The molecule has 1 N–H and O–H groups in total. The van der Waals surface area contributed by atoms with E-state index in [1.807, 2.05) is 25.2 Å². The van der Waals surface area contributed by atoms with E-state index in [9.17, 15) is 0 Å². The molecular formula is C11H11BrN4. The van der Waals surface area contributed by atoms with Gasteiger partial charge in [0.05, 0.1) is 10.9 Å². The lowest BCUT2D eigenvalue weighted by molar-refractivity contribution is 0.932. The third kappa shape index (κ3) is 2.55. The van der Waals surface area contributed by atoms with Crippen molar-refractivity contribution in [2.45, 2.75) is 6.42 Å². The maximum absolute atomic E-state index is 4.38. The van der Waals surface area contributed by atoms with Crippen molar-refractivity contribution in [2.75, 3.05) is 12.4 Å². The Labute approximate surface area is 102 Å². The number of aromatic nitrogens is 3. The molecule has 0 saturated carbocycles. The summed E-state index contributed by atoms with van der Waals surface area (Å²) < 4.78 is 0.861. The average Bonchev–Trinajstić information content (AvgIpc) is 2.33. The maximum Gasteiger partial charge on any atom is 0.143 e. The second kappa shape index (κ2) is 5.03. The van der Waals surface area contributed by atoms with Gasteiger partial charge in [0.25, 0.3) is 0 Å². The van der Waals surface area contributed by atoms with Gasteiger partial charge in [-0.15, -0.1) is 0 Å². The molecule has 0 amide bonds. The molecule has 0 saturated heterocycles. The number of nitrogens with one attached hydrogen (secondary N) is 1. The van der Waals surface area contributed by atoms with Crippen molar-refractivity contribution >= 4 is 21.7 Å². The van der Waals surface area contributed by atoms with E-state index in [2.05, 4.69) is 36.2 Å². The van der Waals surface area contributed by atoms with Gasteiger partial charge in [-0.3, -0.25) is 4.98 Å². The molecular weight excluding hydrogens is 268 g/mol. The Balaban J connectivity index is 2.22. The molecule has 0 aliphatic carbocycles. The van der Waals surface area contributed by atoms with E-state index in [-0.39, 0.29) is 0 Å². The first-order chi connectivity index (χ1) is 7.79. The van der Waals surface area contributed by atoms with Crippen LogP contribution < -0.4 is 5.32 Å². The lowest BCUT2D eigenvalue weighted by Crippen LogP contribution is -2.02. The van der Waals surface area contributed by atoms with Crippen molar-refractivity contribution in [1.29, 1.82) is 0 Å². The number of rotatable bonds is 3. The number of anilines is 1. The van der Waals surface area contributed by atoms with Gasteiger partial charge in [0.1, 0.15) is 11.6 Å². The van der Waals surface area contributed by atoms with Crippen LogP contribution in [0.4, 0.5) is 5.82 Å². The molecule has 0 bridgehead atoms. The van der Waals surface area contributed by atoms with Crippen molar-refractivity contribution < 1.29 is 0 Å². The molecule has 2 aromatic heterocycles. The predicted molar refractivity (Wildman–Crippen MR) is 66.3 cm³/mol. The van der Waals surface area contributed by atoms with Gasteiger partial charge in [0, 0.05) is 25.1 Å². The predicted octanol–water partition coefficient (Wildman–Crippen LogP) is 2.27. The van der Waals surface area contributed by atoms with E-state index in [0.717, 1.165) is 21.8 Å². The van der Waals surface area contributed by atoms with Gasteiger partial charge in [-0.25, -0.2) is 9.97 Å². The minimum Gasteiger partial charge on any atom is -0.372 e. The fraction of sp³-hybridized carbons (Fsp3) is 0.182. The largest absolute Gasteiger partial charge is 0.372 e. The van der Waals surface area contributed by atoms with Crippen molar-refractivity contribution in [3.63, 3.8) is 0 Å². The summed E-state index contributed by atoms with van der Waals surface area (Å²) in [6.45, 7) is 0. The molecule has 5 heteroatoms. The van der Waals surface area contributed by atoms with E-state index < -0.39 is 0 Å². The number of hydrogen-bond donors (Lipinski definition) is 1. The molecule has 16 heavy (non-hydrogen) atoms. The summed E-state index contributed by atoms with van der Waals surface area (Å²) >= 11 is 3.37. The van der Waals surface area contributed by atoms with Crippen LogP contribution in [0.3, 0.4) is 0 Å². The molecule has 0 fully saturated rings. The van der Waals surface area contributed by atoms with Crippen molar-refractivity contribution in [2.24, 2.45) is 0 Å². The molecule has 0 radical (unpaired) electrons. The summed E-state index contributed by atoms with van der Waals surface area (Å²) in [6.07, 6.45) is 4.16. The molecule has 0 spiro atoms. The fourth-order valence-electron chi connectivity index (χ4n) is 1.33. The molecule has 4 nitrogen and oxygen atoms in total. The highest BCUT2D eigenvalue weighted by Gasteiger charge is 2.04. The van der Waals surface area contributed by atoms with E-state index in [0.29, 0.717) is 6.42 Å². The van der Waals surface area contributed by atoms with Crippen molar-refractivity contribution in [3.05, 3.63) is 46.6 Å². The number of hydrogen-bond acceptors (Lipinski definition) is 4. The van der Waals surface area contributed by atoms with Crippen molar-refractivity contribution in [1.82, 2.24) is 15.0 Å². The van der Waals surface area contributed by atoms with Gasteiger partial charge in [0.15, 0.2) is 0 Å². The van der Waals surface area contributed by atoms with E-state index in [1.165, 1.54) is 0 Å². The first-order valence-corrected chi connectivity index (χ1v) is 5.68. The third-order valence-corrected chi connectivity index (χ3v) is 2.68. The normalized spacial score (nSPS) is 10.1. The molecule has 0 atom stereocenters. The van der Waals surface area contributed by atoms with Crippen LogP contribution in [0.2, 0.25) is 0 Å². The Morgan fingerprint density at radius 2 is 2.19 bits per heavy atom. The monoisotopic (exact) mass is 278 g/mol. The maximum atomic E-state index is 4.38. The number of halogens is 1. The number of nitrogens with zero attached hydrogens (tertiary/aromatic N) is 3. The smallest absolute Gasteiger partial charge is 0.143 e. The first kappa shape index (κ1) is 11.0. The highest BCUT2D eigenvalue weighted by Crippen LogP contribution is 2.18. The Bertz CT molecular complexity index is 473. The summed E-state index contributed by atoms with van der Waals surface area (Å²) in [5.41, 5.74) is 0.965. The average molecular weight is 279 g/mol. The van der Waals surface area contributed by atoms with Crippen LogP contribution in [0.1, 0.15) is 11.5 Å². The minimum absolute atomic E-state index is 0.642. The summed E-state index contributed by atoms with van der Waals surface area (Å²) in [5.74, 6) is 1.55. The SMILES string of the molecule is CNc1nc(Cc2ccccn2)ncc1Br.